The van der Waals surface area contributed by atoms with Crippen LogP contribution < -0.4 is 0 Å². The van der Waals surface area contributed by atoms with Gasteiger partial charge in [0.25, 0.3) is 0 Å². The molecule has 0 spiro atoms. The SMILES string of the molecule is Cc1nc(CN(C)CCC(=O)c2ccc(F)cn2)cs1. The van der Waals surface area contributed by atoms with Crippen molar-refractivity contribution in [2.75, 3.05) is 13.6 Å². The number of pyridine rings is 1. The summed E-state index contributed by atoms with van der Waals surface area (Å²) in [6, 6.07) is 2.67. The van der Waals surface area contributed by atoms with Crippen LogP contribution >= 0.6 is 11.3 Å². The van der Waals surface area contributed by atoms with Gasteiger partial charge in [0, 0.05) is 24.9 Å². The topological polar surface area (TPSA) is 46.1 Å². The van der Waals surface area contributed by atoms with E-state index in [1.165, 1.54) is 12.1 Å². The number of Topliss-reactive ketones (excluding diaryl/α,β-unsaturated/α-hetero) is 1. The van der Waals surface area contributed by atoms with E-state index in [0.717, 1.165) is 16.9 Å². The van der Waals surface area contributed by atoms with E-state index in [1.54, 1.807) is 11.3 Å². The Morgan fingerprint density at radius 3 is 2.85 bits per heavy atom. The minimum Gasteiger partial charge on any atom is -0.300 e. The number of aromatic nitrogens is 2. The van der Waals surface area contributed by atoms with E-state index < -0.39 is 5.82 Å². The molecule has 0 N–H and O–H groups in total. The second kappa shape index (κ2) is 6.67. The molecule has 0 amide bonds. The lowest BCUT2D eigenvalue weighted by molar-refractivity contribution is 0.0962. The van der Waals surface area contributed by atoms with Crippen molar-refractivity contribution in [3.05, 3.63) is 45.9 Å². The van der Waals surface area contributed by atoms with Crippen LogP contribution in [0.4, 0.5) is 4.39 Å². The number of carbonyl (C=O) groups excluding carboxylic acids is 1. The normalized spacial score (nSPS) is 11.0. The molecule has 0 aromatic carbocycles. The maximum absolute atomic E-state index is 12.7. The predicted octanol–water partition coefficient (Wildman–Crippen LogP) is 2.69. The Hall–Kier alpha value is -1.66. The van der Waals surface area contributed by atoms with Crippen molar-refractivity contribution in [1.29, 1.82) is 0 Å². The van der Waals surface area contributed by atoms with Crippen molar-refractivity contribution in [3.8, 4) is 0 Å². The molecule has 2 aromatic rings. The molecular formula is C14H16FN3OS. The lowest BCUT2D eigenvalue weighted by Crippen LogP contribution is -2.22. The highest BCUT2D eigenvalue weighted by molar-refractivity contribution is 7.09. The minimum absolute atomic E-state index is 0.0775. The molecule has 0 bridgehead atoms. The number of hydrogen-bond donors (Lipinski definition) is 0. The molecule has 20 heavy (non-hydrogen) atoms. The van der Waals surface area contributed by atoms with Gasteiger partial charge in [-0.3, -0.25) is 9.78 Å². The van der Waals surface area contributed by atoms with Crippen molar-refractivity contribution in [2.45, 2.75) is 19.9 Å². The Balaban J connectivity index is 1.82. The first-order valence-electron chi connectivity index (χ1n) is 6.29. The number of rotatable bonds is 6. The minimum atomic E-state index is -0.433. The first-order chi connectivity index (χ1) is 9.54. The van der Waals surface area contributed by atoms with Gasteiger partial charge >= 0.3 is 0 Å². The standard InChI is InChI=1S/C14H16FN3OS/c1-10-17-12(9-20-10)8-18(2)6-5-14(19)13-4-3-11(15)7-16-13/h3-4,7,9H,5-6,8H2,1-2H3. The van der Waals surface area contributed by atoms with Crippen molar-refractivity contribution in [3.63, 3.8) is 0 Å². The largest absolute Gasteiger partial charge is 0.300 e. The predicted molar refractivity (Wildman–Crippen MR) is 76.3 cm³/mol. The molecule has 6 heteroatoms. The number of ketones is 1. The molecule has 0 radical (unpaired) electrons. The molecule has 2 heterocycles. The summed E-state index contributed by atoms with van der Waals surface area (Å²) in [5.41, 5.74) is 1.33. The molecule has 2 aromatic heterocycles. The Labute approximate surface area is 121 Å². The summed E-state index contributed by atoms with van der Waals surface area (Å²) >= 11 is 1.62. The van der Waals surface area contributed by atoms with Crippen LogP contribution in [-0.4, -0.2) is 34.2 Å². The molecule has 0 aliphatic carbocycles. The number of aryl methyl sites for hydroxylation is 1. The Morgan fingerprint density at radius 1 is 1.45 bits per heavy atom. The molecule has 0 atom stereocenters. The van der Waals surface area contributed by atoms with Crippen molar-refractivity contribution in [1.82, 2.24) is 14.9 Å². The van der Waals surface area contributed by atoms with Gasteiger partial charge in [-0.1, -0.05) is 0 Å². The first kappa shape index (κ1) is 14.7. The average Bonchev–Trinajstić information content (AvgIpc) is 2.82. The van der Waals surface area contributed by atoms with Crippen LogP contribution in [0.15, 0.2) is 23.7 Å². The van der Waals surface area contributed by atoms with Crippen LogP contribution in [-0.2, 0) is 6.54 Å². The second-order valence-electron chi connectivity index (χ2n) is 4.63. The van der Waals surface area contributed by atoms with Gasteiger partial charge in [-0.05, 0) is 26.1 Å². The van der Waals surface area contributed by atoms with Crippen molar-refractivity contribution >= 4 is 17.1 Å². The highest BCUT2D eigenvalue weighted by atomic mass is 32.1. The molecule has 106 valence electrons. The lowest BCUT2D eigenvalue weighted by Gasteiger charge is -2.14. The molecule has 4 nitrogen and oxygen atoms in total. The third-order valence-electron chi connectivity index (χ3n) is 2.83. The zero-order valence-electron chi connectivity index (χ0n) is 11.5. The van der Waals surface area contributed by atoms with E-state index in [4.69, 9.17) is 0 Å². The van der Waals surface area contributed by atoms with Crippen LogP contribution in [0.1, 0.15) is 27.6 Å². The van der Waals surface area contributed by atoms with E-state index in [0.29, 0.717) is 25.2 Å². The van der Waals surface area contributed by atoms with Gasteiger partial charge in [-0.15, -0.1) is 11.3 Å². The summed E-state index contributed by atoms with van der Waals surface area (Å²) in [6.45, 7) is 3.31. The zero-order valence-corrected chi connectivity index (χ0v) is 12.3. The molecule has 0 saturated carbocycles. The smallest absolute Gasteiger partial charge is 0.182 e. The summed E-state index contributed by atoms with van der Waals surface area (Å²) in [7, 11) is 1.94. The first-order valence-corrected chi connectivity index (χ1v) is 7.17. The van der Waals surface area contributed by atoms with Crippen LogP contribution in [0, 0.1) is 12.7 Å². The van der Waals surface area contributed by atoms with E-state index in [1.807, 2.05) is 24.3 Å². The summed E-state index contributed by atoms with van der Waals surface area (Å²) in [4.78, 5) is 22.1. The Bertz CT molecular complexity index is 582. The molecule has 0 saturated heterocycles. The fraction of sp³-hybridized carbons (Fsp3) is 0.357. The quantitative estimate of drug-likeness (QED) is 0.768. The summed E-state index contributed by atoms with van der Waals surface area (Å²) in [6.07, 6.45) is 1.42. The Morgan fingerprint density at radius 2 is 2.25 bits per heavy atom. The van der Waals surface area contributed by atoms with Crippen LogP contribution in [0.5, 0.6) is 0 Å². The van der Waals surface area contributed by atoms with Crippen LogP contribution in [0.2, 0.25) is 0 Å². The summed E-state index contributed by atoms with van der Waals surface area (Å²) in [5, 5.41) is 3.06. The van der Waals surface area contributed by atoms with E-state index in [9.17, 15) is 9.18 Å². The van der Waals surface area contributed by atoms with Gasteiger partial charge in [0.1, 0.15) is 11.5 Å². The van der Waals surface area contributed by atoms with E-state index in [-0.39, 0.29) is 5.78 Å². The zero-order chi connectivity index (χ0) is 14.5. The van der Waals surface area contributed by atoms with Crippen molar-refractivity contribution in [2.24, 2.45) is 0 Å². The molecule has 0 aliphatic rings. The number of hydrogen-bond acceptors (Lipinski definition) is 5. The fourth-order valence-electron chi connectivity index (χ4n) is 1.80. The summed E-state index contributed by atoms with van der Waals surface area (Å²) < 4.78 is 12.7. The molecule has 2 rings (SSSR count). The van der Waals surface area contributed by atoms with Crippen LogP contribution in [0.25, 0.3) is 0 Å². The van der Waals surface area contributed by atoms with Gasteiger partial charge in [0.15, 0.2) is 5.78 Å². The lowest BCUT2D eigenvalue weighted by atomic mass is 10.2. The third-order valence-corrected chi connectivity index (χ3v) is 3.65. The van der Waals surface area contributed by atoms with E-state index in [2.05, 4.69) is 9.97 Å². The van der Waals surface area contributed by atoms with Gasteiger partial charge < -0.3 is 4.90 Å². The van der Waals surface area contributed by atoms with Crippen molar-refractivity contribution < 1.29 is 9.18 Å². The number of thiazole rings is 1. The number of carbonyl (C=O) groups is 1. The van der Waals surface area contributed by atoms with Gasteiger partial charge in [0.2, 0.25) is 0 Å². The fourth-order valence-corrected chi connectivity index (χ4v) is 2.40. The van der Waals surface area contributed by atoms with E-state index >= 15 is 0 Å². The summed E-state index contributed by atoms with van der Waals surface area (Å²) in [5.74, 6) is -0.510. The average molecular weight is 293 g/mol. The highest BCUT2D eigenvalue weighted by Gasteiger charge is 2.10. The molecule has 0 fully saturated rings. The molecule has 0 unspecified atom stereocenters. The van der Waals surface area contributed by atoms with Gasteiger partial charge in [-0.2, -0.15) is 0 Å². The Kier molecular flexibility index (Phi) is 4.92. The number of halogens is 1. The number of nitrogens with zero attached hydrogens (tertiary/aromatic N) is 3. The second-order valence-corrected chi connectivity index (χ2v) is 5.69. The molecule has 0 aliphatic heterocycles. The van der Waals surface area contributed by atoms with Gasteiger partial charge in [0.05, 0.1) is 16.9 Å². The maximum Gasteiger partial charge on any atom is 0.182 e. The third kappa shape index (κ3) is 4.18. The highest BCUT2D eigenvalue weighted by Crippen LogP contribution is 2.10. The maximum atomic E-state index is 12.7. The van der Waals surface area contributed by atoms with Gasteiger partial charge in [-0.25, -0.2) is 9.37 Å². The molecular weight excluding hydrogens is 277 g/mol. The van der Waals surface area contributed by atoms with Crippen LogP contribution in [0.3, 0.4) is 0 Å². The monoisotopic (exact) mass is 293 g/mol.